The van der Waals surface area contributed by atoms with Crippen molar-refractivity contribution in [2.75, 3.05) is 20.1 Å². The minimum atomic E-state index is -0.337. The molecule has 1 unspecified atom stereocenters. The van der Waals surface area contributed by atoms with Gasteiger partial charge in [-0.3, -0.25) is 9.88 Å². The normalized spacial score (nSPS) is 12.6. The summed E-state index contributed by atoms with van der Waals surface area (Å²) in [5.41, 5.74) is 7.76. The number of benzene rings is 1. The van der Waals surface area contributed by atoms with Crippen molar-refractivity contribution in [3.8, 4) is 0 Å². The standard InChI is InChI=1S/C16H19ClFN3/c1-21(9-7-13-4-2-3-8-20-13)16(11-19)14-6-5-12(18)10-15(14)17/h2-6,8,10,16H,7,9,11,19H2,1H3. The van der Waals surface area contributed by atoms with Gasteiger partial charge in [0, 0.05) is 42.5 Å². The Morgan fingerprint density at radius 3 is 2.76 bits per heavy atom. The molecule has 0 radical (unpaired) electrons. The molecule has 2 aromatic rings. The van der Waals surface area contributed by atoms with Crippen LogP contribution in [0, 0.1) is 5.82 Å². The summed E-state index contributed by atoms with van der Waals surface area (Å²) in [5.74, 6) is -0.337. The molecule has 2 rings (SSSR count). The maximum absolute atomic E-state index is 13.1. The molecule has 0 fully saturated rings. The van der Waals surface area contributed by atoms with E-state index in [-0.39, 0.29) is 11.9 Å². The molecule has 1 atom stereocenters. The summed E-state index contributed by atoms with van der Waals surface area (Å²) >= 11 is 6.13. The quantitative estimate of drug-likeness (QED) is 0.892. The van der Waals surface area contributed by atoms with Crippen molar-refractivity contribution in [3.05, 3.63) is 64.7 Å². The Morgan fingerprint density at radius 2 is 2.14 bits per heavy atom. The third kappa shape index (κ3) is 4.24. The molecule has 5 heteroatoms. The molecule has 3 nitrogen and oxygen atoms in total. The zero-order valence-electron chi connectivity index (χ0n) is 12.0. The first kappa shape index (κ1) is 15.9. The van der Waals surface area contributed by atoms with Gasteiger partial charge in [-0.15, -0.1) is 0 Å². The highest BCUT2D eigenvalue weighted by Gasteiger charge is 2.18. The van der Waals surface area contributed by atoms with Crippen LogP contribution in [-0.2, 0) is 6.42 Å². The van der Waals surface area contributed by atoms with E-state index in [1.54, 1.807) is 12.3 Å². The summed E-state index contributed by atoms with van der Waals surface area (Å²) in [6.07, 6.45) is 2.61. The fourth-order valence-corrected chi connectivity index (χ4v) is 2.60. The van der Waals surface area contributed by atoms with E-state index in [1.807, 2.05) is 25.2 Å². The molecule has 0 amide bonds. The summed E-state index contributed by atoms with van der Waals surface area (Å²) in [6, 6.07) is 10.3. The second-order valence-corrected chi connectivity index (χ2v) is 5.38. The van der Waals surface area contributed by atoms with Gasteiger partial charge in [0.25, 0.3) is 0 Å². The molecular formula is C16H19ClFN3. The minimum absolute atomic E-state index is 0.0400. The lowest BCUT2D eigenvalue weighted by Crippen LogP contribution is -2.32. The summed E-state index contributed by atoms with van der Waals surface area (Å²) in [7, 11) is 1.99. The molecule has 0 aliphatic heterocycles. The number of aromatic nitrogens is 1. The van der Waals surface area contributed by atoms with Gasteiger partial charge in [-0.05, 0) is 36.9 Å². The lowest BCUT2D eigenvalue weighted by molar-refractivity contribution is 0.252. The fraction of sp³-hybridized carbons (Fsp3) is 0.312. The number of nitrogens with zero attached hydrogens (tertiary/aromatic N) is 2. The third-order valence-electron chi connectivity index (χ3n) is 3.52. The van der Waals surface area contributed by atoms with Crippen molar-refractivity contribution < 1.29 is 4.39 Å². The van der Waals surface area contributed by atoms with Crippen LogP contribution in [0.15, 0.2) is 42.6 Å². The number of pyridine rings is 1. The Morgan fingerprint density at radius 1 is 1.33 bits per heavy atom. The highest BCUT2D eigenvalue weighted by Crippen LogP contribution is 2.27. The first-order valence-electron chi connectivity index (χ1n) is 6.87. The van der Waals surface area contributed by atoms with Gasteiger partial charge in [-0.2, -0.15) is 0 Å². The topological polar surface area (TPSA) is 42.2 Å². The van der Waals surface area contributed by atoms with E-state index in [2.05, 4.69) is 9.88 Å². The molecule has 0 aliphatic carbocycles. The number of halogens is 2. The molecule has 0 bridgehead atoms. The maximum atomic E-state index is 13.1. The number of hydrogen-bond acceptors (Lipinski definition) is 3. The van der Waals surface area contributed by atoms with Crippen LogP contribution in [0.2, 0.25) is 5.02 Å². The monoisotopic (exact) mass is 307 g/mol. The zero-order valence-corrected chi connectivity index (χ0v) is 12.7. The van der Waals surface area contributed by atoms with E-state index in [4.69, 9.17) is 17.3 Å². The largest absolute Gasteiger partial charge is 0.329 e. The van der Waals surface area contributed by atoms with E-state index < -0.39 is 0 Å². The van der Waals surface area contributed by atoms with Gasteiger partial charge in [-0.1, -0.05) is 23.7 Å². The van der Waals surface area contributed by atoms with E-state index in [0.717, 1.165) is 24.2 Å². The van der Waals surface area contributed by atoms with Crippen LogP contribution < -0.4 is 5.73 Å². The Bertz CT molecular complexity index is 577. The second-order valence-electron chi connectivity index (χ2n) is 4.97. The molecule has 1 heterocycles. The minimum Gasteiger partial charge on any atom is -0.329 e. The SMILES string of the molecule is CN(CCc1ccccn1)C(CN)c1ccc(F)cc1Cl. The first-order chi connectivity index (χ1) is 10.1. The fourth-order valence-electron chi connectivity index (χ4n) is 2.31. The van der Waals surface area contributed by atoms with Gasteiger partial charge in [0.15, 0.2) is 0 Å². The Balaban J connectivity index is 2.06. The molecule has 2 N–H and O–H groups in total. The van der Waals surface area contributed by atoms with Crippen LogP contribution in [0.3, 0.4) is 0 Å². The van der Waals surface area contributed by atoms with Crippen LogP contribution in [0.4, 0.5) is 4.39 Å². The van der Waals surface area contributed by atoms with Crippen molar-refractivity contribution in [2.24, 2.45) is 5.73 Å². The van der Waals surface area contributed by atoms with Crippen LogP contribution in [0.25, 0.3) is 0 Å². The molecule has 1 aromatic heterocycles. The van der Waals surface area contributed by atoms with Crippen molar-refractivity contribution in [2.45, 2.75) is 12.5 Å². The van der Waals surface area contributed by atoms with Gasteiger partial charge in [0.1, 0.15) is 5.82 Å². The van der Waals surface area contributed by atoms with Crippen LogP contribution in [-0.4, -0.2) is 30.0 Å². The molecule has 0 aliphatic rings. The molecule has 0 spiro atoms. The highest BCUT2D eigenvalue weighted by atomic mass is 35.5. The van der Waals surface area contributed by atoms with Crippen molar-refractivity contribution in [1.82, 2.24) is 9.88 Å². The van der Waals surface area contributed by atoms with Crippen molar-refractivity contribution in [1.29, 1.82) is 0 Å². The van der Waals surface area contributed by atoms with Gasteiger partial charge < -0.3 is 5.73 Å². The summed E-state index contributed by atoms with van der Waals surface area (Å²) in [4.78, 5) is 6.42. The molecule has 1 aromatic carbocycles. The Hall–Kier alpha value is -1.49. The zero-order chi connectivity index (χ0) is 15.2. The van der Waals surface area contributed by atoms with E-state index >= 15 is 0 Å². The van der Waals surface area contributed by atoms with Crippen LogP contribution >= 0.6 is 11.6 Å². The van der Waals surface area contributed by atoms with Crippen LogP contribution in [0.1, 0.15) is 17.3 Å². The van der Waals surface area contributed by atoms with Gasteiger partial charge >= 0.3 is 0 Å². The predicted octanol–water partition coefficient (Wildman–Crippen LogP) is 3.05. The average Bonchev–Trinajstić information content (AvgIpc) is 2.49. The van der Waals surface area contributed by atoms with Gasteiger partial charge in [0.05, 0.1) is 0 Å². The summed E-state index contributed by atoms with van der Waals surface area (Å²) in [6.45, 7) is 1.22. The summed E-state index contributed by atoms with van der Waals surface area (Å²) in [5, 5.41) is 0.412. The number of rotatable bonds is 6. The predicted molar refractivity (Wildman–Crippen MR) is 83.8 cm³/mol. The lowest BCUT2D eigenvalue weighted by Gasteiger charge is -2.28. The second kappa shape index (κ2) is 7.50. The Labute approximate surface area is 129 Å². The number of hydrogen-bond donors (Lipinski definition) is 1. The molecule has 0 saturated carbocycles. The third-order valence-corrected chi connectivity index (χ3v) is 3.85. The molecule has 112 valence electrons. The molecule has 21 heavy (non-hydrogen) atoms. The van der Waals surface area contributed by atoms with E-state index in [1.165, 1.54) is 12.1 Å². The van der Waals surface area contributed by atoms with Gasteiger partial charge in [-0.25, -0.2) is 4.39 Å². The molecular weight excluding hydrogens is 289 g/mol. The number of nitrogens with two attached hydrogens (primary N) is 1. The van der Waals surface area contributed by atoms with Crippen molar-refractivity contribution >= 4 is 11.6 Å². The van der Waals surface area contributed by atoms with Crippen LogP contribution in [0.5, 0.6) is 0 Å². The first-order valence-corrected chi connectivity index (χ1v) is 7.24. The Kier molecular flexibility index (Phi) is 5.67. The smallest absolute Gasteiger partial charge is 0.124 e. The highest BCUT2D eigenvalue weighted by molar-refractivity contribution is 6.31. The summed E-state index contributed by atoms with van der Waals surface area (Å²) < 4.78 is 13.1. The lowest BCUT2D eigenvalue weighted by atomic mass is 10.1. The number of likely N-dealkylation sites (N-methyl/N-ethyl adjacent to an activating group) is 1. The van der Waals surface area contributed by atoms with E-state index in [0.29, 0.717) is 11.6 Å². The maximum Gasteiger partial charge on any atom is 0.124 e. The van der Waals surface area contributed by atoms with Crippen molar-refractivity contribution in [3.63, 3.8) is 0 Å². The van der Waals surface area contributed by atoms with E-state index in [9.17, 15) is 4.39 Å². The van der Waals surface area contributed by atoms with Gasteiger partial charge in [0.2, 0.25) is 0 Å². The molecule has 0 saturated heterocycles. The average molecular weight is 308 g/mol.